The summed E-state index contributed by atoms with van der Waals surface area (Å²) in [5.74, 6) is 1.45. The molecule has 1 saturated heterocycles. The number of rotatable bonds is 8. The normalized spacial score (nSPS) is 16.2. The lowest BCUT2D eigenvalue weighted by Crippen LogP contribution is -2.32. The van der Waals surface area contributed by atoms with Gasteiger partial charge in [-0.15, -0.1) is 11.3 Å². The van der Waals surface area contributed by atoms with Gasteiger partial charge in [-0.2, -0.15) is 5.26 Å². The third kappa shape index (κ3) is 10.8. The van der Waals surface area contributed by atoms with E-state index in [4.69, 9.17) is 4.74 Å². The lowest BCUT2D eigenvalue weighted by atomic mass is 10.0. The zero-order valence-corrected chi connectivity index (χ0v) is 29.4. The van der Waals surface area contributed by atoms with Crippen LogP contribution in [0.4, 0.5) is 0 Å². The van der Waals surface area contributed by atoms with Gasteiger partial charge in [0.1, 0.15) is 16.8 Å². The van der Waals surface area contributed by atoms with Crippen LogP contribution in [-0.4, -0.2) is 76.9 Å². The maximum absolute atomic E-state index is 10.9. The van der Waals surface area contributed by atoms with E-state index in [9.17, 15) is 9.47 Å². The zero-order valence-electron chi connectivity index (χ0n) is 27.8. The fourth-order valence-corrected chi connectivity index (χ4v) is 6.66. The largest absolute Gasteiger partial charge is 0.490 e. The number of thiazole rings is 1. The number of nitrogens with zero attached hydrogens (tertiary/aromatic N) is 4. The summed E-state index contributed by atoms with van der Waals surface area (Å²) >= 11 is 1.68. The van der Waals surface area contributed by atoms with E-state index in [1.54, 1.807) is 17.6 Å². The molecule has 1 aliphatic heterocycles. The van der Waals surface area contributed by atoms with Gasteiger partial charge in [-0.25, -0.2) is 4.98 Å². The molecule has 0 radical (unpaired) electrons. The van der Waals surface area contributed by atoms with Crippen molar-refractivity contribution in [2.45, 2.75) is 79.4 Å². The molecule has 3 aromatic rings. The Balaban J connectivity index is 0.000000321. The Labute approximate surface area is 267 Å². The molecule has 8 heteroatoms. The van der Waals surface area contributed by atoms with Crippen LogP contribution in [0, 0.1) is 11.3 Å². The van der Waals surface area contributed by atoms with Crippen LogP contribution in [0.2, 0.25) is 0 Å². The molecule has 2 unspecified atom stereocenters. The molecule has 0 spiro atoms. The van der Waals surface area contributed by atoms with Crippen LogP contribution in [0.1, 0.15) is 71.1 Å². The fraction of sp³-hybridized carbons (Fsp3) is 0.543. The zero-order chi connectivity index (χ0) is 31.9. The van der Waals surface area contributed by atoms with E-state index in [0.717, 1.165) is 35.8 Å². The first-order valence-electron chi connectivity index (χ1n) is 15.7. The van der Waals surface area contributed by atoms with Gasteiger partial charge >= 0.3 is 0 Å². The van der Waals surface area contributed by atoms with Gasteiger partial charge in [0.25, 0.3) is 0 Å². The first-order valence-corrected chi connectivity index (χ1v) is 18.3. The molecule has 236 valence electrons. The van der Waals surface area contributed by atoms with Crippen molar-refractivity contribution in [3.05, 3.63) is 59.3 Å². The second kappa shape index (κ2) is 19.0. The molecule has 0 bridgehead atoms. The van der Waals surface area contributed by atoms with E-state index in [1.807, 2.05) is 65.9 Å². The second-order valence-corrected chi connectivity index (χ2v) is 13.4. The summed E-state index contributed by atoms with van der Waals surface area (Å²) in [6.07, 6.45) is 8.60. The van der Waals surface area contributed by atoms with Crippen LogP contribution >= 0.6 is 11.3 Å². The Morgan fingerprint density at radius 2 is 1.91 bits per heavy atom. The highest BCUT2D eigenvalue weighted by Crippen LogP contribution is 2.38. The number of aryl methyl sites for hydroxylation is 1. The first kappa shape index (κ1) is 36.6. The summed E-state index contributed by atoms with van der Waals surface area (Å²) in [7, 11) is 3.62. The predicted molar refractivity (Wildman–Crippen MR) is 186 cm³/mol. The van der Waals surface area contributed by atoms with E-state index in [1.165, 1.54) is 47.4 Å². The van der Waals surface area contributed by atoms with Crippen molar-refractivity contribution in [1.82, 2.24) is 14.8 Å². The Bertz CT molecular complexity index is 1330. The molecule has 1 aromatic heterocycles. The number of benzene rings is 2. The molecule has 2 aliphatic rings. The Morgan fingerprint density at radius 1 is 1.16 bits per heavy atom. The average molecular weight is 625 g/mol. The number of hydrogen-bond acceptors (Lipinski definition) is 7. The summed E-state index contributed by atoms with van der Waals surface area (Å²) in [4.78, 5) is 10.5. The van der Waals surface area contributed by atoms with Gasteiger partial charge in [0.05, 0.1) is 16.5 Å². The Morgan fingerprint density at radius 3 is 2.53 bits per heavy atom. The third-order valence-corrected chi connectivity index (χ3v) is 9.14. The number of fused-ring (bicyclic) bond motifs is 1. The number of likely N-dealkylation sites (tertiary alicyclic amines) is 1. The highest BCUT2D eigenvalue weighted by Gasteiger charge is 2.23. The molecule has 0 amide bonds. The van der Waals surface area contributed by atoms with E-state index in [2.05, 4.69) is 53.1 Å². The van der Waals surface area contributed by atoms with E-state index in [-0.39, 0.29) is 6.10 Å². The monoisotopic (exact) mass is 624 g/mol. The molecule has 1 aliphatic carbocycles. The van der Waals surface area contributed by atoms with E-state index in [0.29, 0.717) is 17.4 Å². The minimum absolute atomic E-state index is 0.0413. The molecular formula is C35H52N4O2S2. The van der Waals surface area contributed by atoms with Crippen LogP contribution in [0.3, 0.4) is 0 Å². The Kier molecular flexibility index (Phi) is 16.1. The molecule has 2 atom stereocenters. The van der Waals surface area contributed by atoms with Crippen LogP contribution < -0.4 is 4.74 Å². The Hall–Kier alpha value is -2.57. The number of nitriles is 1. The summed E-state index contributed by atoms with van der Waals surface area (Å²) in [5, 5.41) is 10.4. The SMILES string of the molecule is CC.CC.CC(C)Oc1ccc(-c2ncc(-c3cccc4c3CCC4)s2)cc1C#N.CN(C)C1CCN(CCS(C)=O)C1. The van der Waals surface area contributed by atoms with E-state index >= 15 is 0 Å². The van der Waals surface area contributed by atoms with Gasteiger partial charge in [-0.05, 0) is 95.1 Å². The minimum Gasteiger partial charge on any atom is -0.490 e. The quantitative estimate of drug-likeness (QED) is 0.256. The van der Waals surface area contributed by atoms with Gasteiger partial charge in [0, 0.05) is 53.7 Å². The number of likely N-dealkylation sites (N-methyl/N-ethyl adjacent to an activating group) is 1. The molecule has 0 N–H and O–H groups in total. The van der Waals surface area contributed by atoms with E-state index < -0.39 is 10.8 Å². The second-order valence-electron chi connectivity index (χ2n) is 10.8. The minimum atomic E-state index is -0.639. The summed E-state index contributed by atoms with van der Waals surface area (Å²) in [6, 6.07) is 15.2. The maximum Gasteiger partial charge on any atom is 0.137 e. The predicted octanol–water partition coefficient (Wildman–Crippen LogP) is 7.68. The first-order chi connectivity index (χ1) is 20.7. The van der Waals surface area contributed by atoms with Crippen molar-refractivity contribution in [3.8, 4) is 32.8 Å². The molecule has 43 heavy (non-hydrogen) atoms. The smallest absolute Gasteiger partial charge is 0.137 e. The van der Waals surface area contributed by atoms with Crippen molar-refractivity contribution in [3.63, 3.8) is 0 Å². The molecule has 1 fully saturated rings. The lowest BCUT2D eigenvalue weighted by Gasteiger charge is -2.19. The molecule has 2 aromatic carbocycles. The van der Waals surface area contributed by atoms with Gasteiger partial charge < -0.3 is 14.5 Å². The van der Waals surface area contributed by atoms with Crippen molar-refractivity contribution in [2.24, 2.45) is 0 Å². The molecule has 0 saturated carbocycles. The molecule has 6 nitrogen and oxygen atoms in total. The van der Waals surface area contributed by atoms with Gasteiger partial charge in [-0.3, -0.25) is 4.21 Å². The molecule has 5 rings (SSSR count). The summed E-state index contributed by atoms with van der Waals surface area (Å²) < 4.78 is 16.6. The summed E-state index contributed by atoms with van der Waals surface area (Å²) in [5.41, 5.74) is 5.76. The average Bonchev–Trinajstić information content (AvgIpc) is 3.79. The van der Waals surface area contributed by atoms with Crippen LogP contribution in [0.25, 0.3) is 21.0 Å². The van der Waals surface area contributed by atoms with Gasteiger partial charge in [0.15, 0.2) is 0 Å². The molecule has 2 heterocycles. The van der Waals surface area contributed by atoms with Crippen LogP contribution in [-0.2, 0) is 23.6 Å². The van der Waals surface area contributed by atoms with Crippen molar-refractivity contribution >= 4 is 22.1 Å². The van der Waals surface area contributed by atoms with Crippen molar-refractivity contribution in [2.75, 3.05) is 45.7 Å². The van der Waals surface area contributed by atoms with Gasteiger partial charge in [-0.1, -0.05) is 45.9 Å². The highest BCUT2D eigenvalue weighted by atomic mass is 32.2. The molecular weight excluding hydrogens is 573 g/mol. The number of hydrogen-bond donors (Lipinski definition) is 0. The number of aromatic nitrogens is 1. The third-order valence-electron chi connectivity index (χ3n) is 7.30. The van der Waals surface area contributed by atoms with Gasteiger partial charge in [0.2, 0.25) is 0 Å². The topological polar surface area (TPSA) is 69.5 Å². The maximum atomic E-state index is 10.9. The van der Waals surface area contributed by atoms with Crippen LogP contribution in [0.5, 0.6) is 5.75 Å². The van der Waals surface area contributed by atoms with Crippen molar-refractivity contribution < 1.29 is 8.95 Å². The number of ether oxygens (including phenoxy) is 1. The fourth-order valence-electron chi connectivity index (χ4n) is 5.18. The van der Waals surface area contributed by atoms with Crippen LogP contribution in [0.15, 0.2) is 42.6 Å². The van der Waals surface area contributed by atoms with Crippen molar-refractivity contribution in [1.29, 1.82) is 5.26 Å². The summed E-state index contributed by atoms with van der Waals surface area (Å²) in [6.45, 7) is 15.2. The standard InChI is InChI=1S/C22H20N2OS.C9H20N2OS.2C2H6/c1-14(2)25-20-10-9-16(11-17(20)12-23)22-24-13-21(26-22)19-8-4-6-15-5-3-7-18(15)19;1-10(2)9-4-5-11(8-9)6-7-13(3)12;2*1-2/h4,6,8-11,13-14H,3,5,7H2,1-2H3;9H,4-8H2,1-3H3;2*1-2H3. The highest BCUT2D eigenvalue weighted by molar-refractivity contribution is 7.84. The lowest BCUT2D eigenvalue weighted by molar-refractivity contribution is 0.242.